The van der Waals surface area contributed by atoms with Gasteiger partial charge in [0, 0.05) is 23.1 Å². The average molecular weight is 373 g/mol. The molecule has 24 heavy (non-hydrogen) atoms. The zero-order valence-corrected chi connectivity index (χ0v) is 15.0. The van der Waals surface area contributed by atoms with Gasteiger partial charge in [-0.25, -0.2) is 4.98 Å². The molecule has 0 aliphatic carbocycles. The molecule has 1 amide bonds. The number of carbonyl (C=O) groups is 1. The fourth-order valence-corrected chi connectivity index (χ4v) is 4.95. The molecule has 2 aromatic carbocycles. The maximum Gasteiger partial charge on any atom is 0.262 e. The molecule has 0 bridgehead atoms. The van der Waals surface area contributed by atoms with Gasteiger partial charge in [-0.15, -0.1) is 22.7 Å². The minimum absolute atomic E-state index is 0.123. The molecule has 0 aliphatic heterocycles. The first-order chi connectivity index (χ1) is 11.7. The van der Waals surface area contributed by atoms with Gasteiger partial charge < -0.3 is 5.32 Å². The van der Waals surface area contributed by atoms with Crippen molar-refractivity contribution in [2.24, 2.45) is 0 Å². The number of thiazole rings is 1. The van der Waals surface area contributed by atoms with E-state index in [1.165, 1.54) is 16.0 Å². The van der Waals surface area contributed by atoms with E-state index in [2.05, 4.69) is 16.4 Å². The molecular weight excluding hydrogens is 360 g/mol. The Morgan fingerprint density at radius 3 is 2.58 bits per heavy atom. The second-order valence-corrected chi connectivity index (χ2v) is 7.87. The normalized spacial score (nSPS) is 11.2. The molecule has 0 aliphatic rings. The Morgan fingerprint density at radius 2 is 1.79 bits per heavy atom. The van der Waals surface area contributed by atoms with Crippen molar-refractivity contribution in [2.45, 2.75) is 6.42 Å². The topological polar surface area (TPSA) is 42.0 Å². The lowest BCUT2D eigenvalue weighted by atomic mass is 10.2. The lowest BCUT2D eigenvalue weighted by Crippen LogP contribution is -2.25. The Bertz CT molecular complexity index is 1000. The van der Waals surface area contributed by atoms with Gasteiger partial charge in [0.05, 0.1) is 20.2 Å². The summed E-state index contributed by atoms with van der Waals surface area (Å²) in [4.78, 5) is 17.5. The van der Waals surface area contributed by atoms with E-state index >= 15 is 0 Å². The highest BCUT2D eigenvalue weighted by Gasteiger charge is 2.16. The van der Waals surface area contributed by atoms with E-state index in [0.717, 1.165) is 20.6 Å². The van der Waals surface area contributed by atoms with Crippen molar-refractivity contribution in [3.05, 3.63) is 63.4 Å². The second kappa shape index (κ2) is 6.51. The molecule has 3 nitrogen and oxygen atoms in total. The number of nitrogens with one attached hydrogen (secondary N) is 1. The SMILES string of the molecule is O=C(NCCc1nc2ccccc2s1)c1sc2ccccc2c1Cl. The van der Waals surface area contributed by atoms with Crippen LogP contribution in [0, 0.1) is 0 Å². The molecular formula is C18H13ClN2OS2. The number of hydrogen-bond acceptors (Lipinski definition) is 4. The van der Waals surface area contributed by atoms with Gasteiger partial charge in [0.2, 0.25) is 0 Å². The van der Waals surface area contributed by atoms with E-state index in [1.807, 2.05) is 42.5 Å². The summed E-state index contributed by atoms with van der Waals surface area (Å²) in [6, 6.07) is 15.8. The number of halogens is 1. The van der Waals surface area contributed by atoms with Gasteiger partial charge in [0.25, 0.3) is 5.91 Å². The number of thiophene rings is 1. The summed E-state index contributed by atoms with van der Waals surface area (Å²) >= 11 is 9.43. The summed E-state index contributed by atoms with van der Waals surface area (Å²) < 4.78 is 2.20. The van der Waals surface area contributed by atoms with Crippen LogP contribution in [0.3, 0.4) is 0 Å². The standard InChI is InChI=1S/C18H13ClN2OS2/c19-16-11-5-1-3-7-13(11)24-17(16)18(22)20-10-9-15-21-12-6-2-4-8-14(12)23-15/h1-8H,9-10H2,(H,20,22). The fraction of sp³-hybridized carbons (Fsp3) is 0.111. The molecule has 4 rings (SSSR count). The third-order valence-electron chi connectivity index (χ3n) is 3.70. The highest BCUT2D eigenvalue weighted by atomic mass is 35.5. The van der Waals surface area contributed by atoms with Gasteiger partial charge in [-0.3, -0.25) is 4.79 Å². The van der Waals surface area contributed by atoms with Gasteiger partial charge in [0.1, 0.15) is 4.88 Å². The Kier molecular flexibility index (Phi) is 4.22. The maximum absolute atomic E-state index is 12.4. The summed E-state index contributed by atoms with van der Waals surface area (Å²) in [6.45, 7) is 0.545. The largest absolute Gasteiger partial charge is 0.351 e. The fourth-order valence-electron chi connectivity index (χ4n) is 2.55. The molecule has 0 fully saturated rings. The van der Waals surface area contributed by atoms with E-state index in [-0.39, 0.29) is 5.91 Å². The van der Waals surface area contributed by atoms with Crippen LogP contribution in [0.25, 0.3) is 20.3 Å². The van der Waals surface area contributed by atoms with Crippen molar-refractivity contribution >= 4 is 60.5 Å². The van der Waals surface area contributed by atoms with E-state index in [0.29, 0.717) is 22.9 Å². The first-order valence-corrected chi connectivity index (χ1v) is 9.53. The minimum Gasteiger partial charge on any atom is -0.351 e. The number of amides is 1. The summed E-state index contributed by atoms with van der Waals surface area (Å²) in [6.07, 6.45) is 0.716. The second-order valence-electron chi connectivity index (χ2n) is 5.32. The Morgan fingerprint density at radius 1 is 1.04 bits per heavy atom. The predicted molar refractivity (Wildman–Crippen MR) is 102 cm³/mol. The van der Waals surface area contributed by atoms with Gasteiger partial charge in [0.15, 0.2) is 0 Å². The van der Waals surface area contributed by atoms with Gasteiger partial charge in [-0.05, 0) is 18.2 Å². The van der Waals surface area contributed by atoms with Crippen molar-refractivity contribution in [2.75, 3.05) is 6.54 Å². The quantitative estimate of drug-likeness (QED) is 0.539. The van der Waals surface area contributed by atoms with Crippen LogP contribution in [0.5, 0.6) is 0 Å². The molecule has 0 spiro atoms. The average Bonchev–Trinajstić information content (AvgIpc) is 3.16. The Labute approximate surface area is 151 Å². The molecule has 1 N–H and O–H groups in total. The molecule has 0 unspecified atom stereocenters. The van der Waals surface area contributed by atoms with Crippen molar-refractivity contribution < 1.29 is 4.79 Å². The van der Waals surface area contributed by atoms with Crippen LogP contribution in [0.15, 0.2) is 48.5 Å². The zero-order chi connectivity index (χ0) is 16.5. The van der Waals surface area contributed by atoms with E-state index in [4.69, 9.17) is 11.6 Å². The van der Waals surface area contributed by atoms with Crippen molar-refractivity contribution in [1.82, 2.24) is 10.3 Å². The number of fused-ring (bicyclic) bond motifs is 2. The molecule has 0 radical (unpaired) electrons. The summed E-state index contributed by atoms with van der Waals surface area (Å²) in [7, 11) is 0. The van der Waals surface area contributed by atoms with Crippen LogP contribution < -0.4 is 5.32 Å². The molecule has 120 valence electrons. The van der Waals surface area contributed by atoms with Gasteiger partial charge >= 0.3 is 0 Å². The van der Waals surface area contributed by atoms with Gasteiger partial charge in [-0.2, -0.15) is 0 Å². The number of para-hydroxylation sites is 1. The summed E-state index contributed by atoms with van der Waals surface area (Å²) in [5.41, 5.74) is 1.01. The number of rotatable bonds is 4. The molecule has 2 aromatic heterocycles. The molecule has 4 aromatic rings. The minimum atomic E-state index is -0.123. The molecule has 6 heteroatoms. The molecule has 0 atom stereocenters. The Hall–Kier alpha value is -1.95. The van der Waals surface area contributed by atoms with Crippen LogP contribution in [-0.2, 0) is 6.42 Å². The number of aromatic nitrogens is 1. The van der Waals surface area contributed by atoms with E-state index in [9.17, 15) is 4.79 Å². The van der Waals surface area contributed by atoms with E-state index < -0.39 is 0 Å². The van der Waals surface area contributed by atoms with Crippen molar-refractivity contribution in [3.8, 4) is 0 Å². The Balaban J connectivity index is 1.45. The van der Waals surface area contributed by atoms with Gasteiger partial charge in [-0.1, -0.05) is 41.9 Å². The molecule has 2 heterocycles. The third-order valence-corrected chi connectivity index (χ3v) is 6.47. The third kappa shape index (κ3) is 2.90. The lowest BCUT2D eigenvalue weighted by molar-refractivity contribution is 0.0958. The number of nitrogens with zero attached hydrogens (tertiary/aromatic N) is 1. The van der Waals surface area contributed by atoms with Crippen LogP contribution in [0.1, 0.15) is 14.7 Å². The van der Waals surface area contributed by atoms with Crippen LogP contribution in [0.4, 0.5) is 0 Å². The van der Waals surface area contributed by atoms with Crippen LogP contribution in [-0.4, -0.2) is 17.4 Å². The summed E-state index contributed by atoms with van der Waals surface area (Å²) in [5, 5.41) is 5.44. The van der Waals surface area contributed by atoms with Crippen LogP contribution >= 0.6 is 34.3 Å². The van der Waals surface area contributed by atoms with E-state index in [1.54, 1.807) is 11.3 Å². The van der Waals surface area contributed by atoms with Crippen LogP contribution in [0.2, 0.25) is 5.02 Å². The number of hydrogen-bond donors (Lipinski definition) is 1. The zero-order valence-electron chi connectivity index (χ0n) is 12.6. The van der Waals surface area contributed by atoms with Crippen molar-refractivity contribution in [3.63, 3.8) is 0 Å². The first-order valence-electron chi connectivity index (χ1n) is 7.52. The number of carbonyl (C=O) groups excluding carboxylic acids is 1. The van der Waals surface area contributed by atoms with Crippen molar-refractivity contribution in [1.29, 1.82) is 0 Å². The first kappa shape index (κ1) is 15.6. The maximum atomic E-state index is 12.4. The highest BCUT2D eigenvalue weighted by molar-refractivity contribution is 7.21. The molecule has 0 saturated carbocycles. The lowest BCUT2D eigenvalue weighted by Gasteiger charge is -2.02. The summed E-state index contributed by atoms with van der Waals surface area (Å²) in [5.74, 6) is -0.123. The number of benzene rings is 2. The molecule has 0 saturated heterocycles. The monoisotopic (exact) mass is 372 g/mol. The predicted octanol–water partition coefficient (Wildman–Crippen LogP) is 5.14. The highest BCUT2D eigenvalue weighted by Crippen LogP contribution is 2.34. The smallest absolute Gasteiger partial charge is 0.262 e.